The Balaban J connectivity index is 1.32. The number of imide groups is 1. The normalized spacial score (nSPS) is 30.0. The van der Waals surface area contributed by atoms with Crippen LogP contribution in [0.25, 0.3) is 0 Å². The molecule has 2 atom stereocenters. The predicted octanol–water partition coefficient (Wildman–Crippen LogP) is 3.09. The molecule has 168 valence electrons. The molecular weight excluding hydrogens is 418 g/mol. The molecule has 3 aliphatic rings. The molecule has 1 saturated carbocycles. The van der Waals surface area contributed by atoms with Crippen molar-refractivity contribution >= 4 is 35.3 Å². The fourth-order valence-corrected chi connectivity index (χ4v) is 5.41. The number of nitrogens with one attached hydrogen (secondary N) is 2. The molecule has 4 amide bonds. The molecule has 9 heteroatoms. The number of aromatic nitrogens is 1. The number of piperidine rings is 1. The fourth-order valence-electron chi connectivity index (χ4n) is 5.30. The maximum absolute atomic E-state index is 13.3. The Kier molecular flexibility index (Phi) is 6.21. The van der Waals surface area contributed by atoms with Gasteiger partial charge in [0.25, 0.3) is 5.91 Å². The van der Waals surface area contributed by atoms with E-state index < -0.39 is 5.54 Å². The number of rotatable bonds is 4. The van der Waals surface area contributed by atoms with Gasteiger partial charge in [0, 0.05) is 25.2 Å². The van der Waals surface area contributed by atoms with Crippen LogP contribution < -0.4 is 10.6 Å². The van der Waals surface area contributed by atoms with Gasteiger partial charge in [0.1, 0.15) is 11.4 Å². The molecule has 1 aromatic heterocycles. The molecular formula is C22H30ClN5O3. The van der Waals surface area contributed by atoms with Crippen LogP contribution in [-0.2, 0) is 9.59 Å². The molecule has 31 heavy (non-hydrogen) atoms. The smallest absolute Gasteiger partial charge is 0.323 e. The summed E-state index contributed by atoms with van der Waals surface area (Å²) in [6.45, 7) is 5.72. The van der Waals surface area contributed by atoms with Crippen LogP contribution in [0, 0.1) is 17.8 Å². The van der Waals surface area contributed by atoms with Crippen LogP contribution in [0.3, 0.4) is 0 Å². The molecule has 2 aliphatic heterocycles. The summed E-state index contributed by atoms with van der Waals surface area (Å²) in [6, 6.07) is 3.07. The van der Waals surface area contributed by atoms with E-state index in [0.717, 1.165) is 19.3 Å². The molecule has 1 spiro atoms. The van der Waals surface area contributed by atoms with E-state index >= 15 is 0 Å². The first-order valence-corrected chi connectivity index (χ1v) is 11.5. The van der Waals surface area contributed by atoms with Crippen LogP contribution in [0.2, 0.25) is 5.02 Å². The number of hydrogen-bond donors (Lipinski definition) is 2. The molecule has 3 heterocycles. The summed E-state index contributed by atoms with van der Waals surface area (Å²) in [6.07, 6.45) is 5.83. The number of carbonyl (C=O) groups excluding carboxylic acids is 3. The van der Waals surface area contributed by atoms with Crippen LogP contribution in [0.4, 0.5) is 10.6 Å². The maximum Gasteiger partial charge on any atom is 0.326 e. The van der Waals surface area contributed by atoms with Crippen molar-refractivity contribution in [3.8, 4) is 0 Å². The zero-order chi connectivity index (χ0) is 22.2. The highest BCUT2D eigenvalue weighted by Gasteiger charge is 2.58. The lowest BCUT2D eigenvalue weighted by atomic mass is 9.67. The molecule has 3 fully saturated rings. The van der Waals surface area contributed by atoms with Crippen molar-refractivity contribution in [2.75, 3.05) is 25.1 Å². The summed E-state index contributed by atoms with van der Waals surface area (Å²) in [5, 5.41) is 6.40. The van der Waals surface area contributed by atoms with Crippen LogP contribution in [0.1, 0.15) is 46.0 Å². The fraction of sp³-hybridized carbons (Fsp3) is 0.636. The van der Waals surface area contributed by atoms with E-state index in [0.29, 0.717) is 36.8 Å². The number of likely N-dealkylation sites (tertiary alicyclic amines) is 1. The summed E-state index contributed by atoms with van der Waals surface area (Å²) in [5.41, 5.74) is -0.765. The Hall–Kier alpha value is -2.19. The number of hydrogen-bond acceptors (Lipinski definition) is 5. The highest BCUT2D eigenvalue weighted by Crippen LogP contribution is 2.42. The molecule has 2 N–H and O–H groups in total. The molecule has 2 saturated heterocycles. The van der Waals surface area contributed by atoms with E-state index in [9.17, 15) is 14.4 Å². The first-order chi connectivity index (χ1) is 14.8. The Morgan fingerprint density at radius 1 is 1.19 bits per heavy atom. The molecule has 0 aromatic carbocycles. The van der Waals surface area contributed by atoms with E-state index in [1.165, 1.54) is 11.1 Å². The Labute approximate surface area is 187 Å². The zero-order valence-electron chi connectivity index (χ0n) is 18.1. The van der Waals surface area contributed by atoms with E-state index in [1.54, 1.807) is 12.1 Å². The minimum absolute atomic E-state index is 0.0618. The first kappa shape index (κ1) is 22.0. The van der Waals surface area contributed by atoms with E-state index in [2.05, 4.69) is 34.4 Å². The van der Waals surface area contributed by atoms with Gasteiger partial charge in [-0.25, -0.2) is 14.7 Å². The van der Waals surface area contributed by atoms with Crippen molar-refractivity contribution in [2.45, 2.75) is 51.5 Å². The third kappa shape index (κ3) is 4.15. The zero-order valence-corrected chi connectivity index (χ0v) is 18.8. The van der Waals surface area contributed by atoms with Crippen molar-refractivity contribution in [3.63, 3.8) is 0 Å². The van der Waals surface area contributed by atoms with E-state index in [1.807, 2.05) is 0 Å². The lowest BCUT2D eigenvalue weighted by Gasteiger charge is -2.42. The third-order valence-electron chi connectivity index (χ3n) is 7.27. The lowest BCUT2D eigenvalue weighted by molar-refractivity contribution is -0.138. The molecule has 2 unspecified atom stereocenters. The van der Waals surface area contributed by atoms with Gasteiger partial charge in [-0.05, 0) is 49.7 Å². The number of carbonyl (C=O) groups is 3. The van der Waals surface area contributed by atoms with Gasteiger partial charge in [0.15, 0.2) is 0 Å². The minimum Gasteiger partial charge on any atom is -0.323 e. The second-order valence-corrected chi connectivity index (χ2v) is 9.59. The number of nitrogens with zero attached hydrogens (tertiary/aromatic N) is 3. The highest BCUT2D eigenvalue weighted by molar-refractivity contribution is 6.30. The molecule has 1 aliphatic carbocycles. The quantitative estimate of drug-likeness (QED) is 0.691. The summed E-state index contributed by atoms with van der Waals surface area (Å²) in [5.74, 6) is 0.472. The van der Waals surface area contributed by atoms with Crippen molar-refractivity contribution in [1.82, 2.24) is 20.1 Å². The van der Waals surface area contributed by atoms with Gasteiger partial charge in [-0.2, -0.15) is 0 Å². The molecule has 8 nitrogen and oxygen atoms in total. The number of halogens is 1. The topological polar surface area (TPSA) is 94.6 Å². The molecule has 4 rings (SSSR count). The van der Waals surface area contributed by atoms with Crippen LogP contribution >= 0.6 is 11.6 Å². The number of pyridine rings is 1. The monoisotopic (exact) mass is 447 g/mol. The lowest BCUT2D eigenvalue weighted by Crippen LogP contribution is -2.59. The third-order valence-corrected chi connectivity index (χ3v) is 7.49. The van der Waals surface area contributed by atoms with Gasteiger partial charge in [-0.1, -0.05) is 31.9 Å². The van der Waals surface area contributed by atoms with Crippen molar-refractivity contribution < 1.29 is 14.4 Å². The summed E-state index contributed by atoms with van der Waals surface area (Å²) in [7, 11) is 0. The molecule has 0 radical (unpaired) electrons. The van der Waals surface area contributed by atoms with Crippen LogP contribution in [0.5, 0.6) is 0 Å². The van der Waals surface area contributed by atoms with E-state index in [4.69, 9.17) is 11.6 Å². The average Bonchev–Trinajstić information content (AvgIpc) is 3.00. The Bertz CT molecular complexity index is 843. The summed E-state index contributed by atoms with van der Waals surface area (Å²) in [4.78, 5) is 46.1. The Morgan fingerprint density at radius 3 is 2.48 bits per heavy atom. The maximum atomic E-state index is 13.3. The van der Waals surface area contributed by atoms with Gasteiger partial charge in [0.2, 0.25) is 5.91 Å². The Morgan fingerprint density at radius 2 is 1.87 bits per heavy atom. The van der Waals surface area contributed by atoms with Gasteiger partial charge in [-0.15, -0.1) is 0 Å². The molecule has 1 aromatic rings. The van der Waals surface area contributed by atoms with E-state index in [-0.39, 0.29) is 42.3 Å². The first-order valence-electron chi connectivity index (χ1n) is 11.1. The van der Waals surface area contributed by atoms with Gasteiger partial charge < -0.3 is 10.6 Å². The van der Waals surface area contributed by atoms with Crippen LogP contribution in [0.15, 0.2) is 18.3 Å². The van der Waals surface area contributed by atoms with Gasteiger partial charge >= 0.3 is 6.03 Å². The number of anilines is 1. The summed E-state index contributed by atoms with van der Waals surface area (Å²) < 4.78 is 0. The van der Waals surface area contributed by atoms with Crippen LogP contribution in [-0.4, -0.2) is 57.9 Å². The second kappa shape index (κ2) is 8.74. The number of amides is 4. The SMILES string of the molecule is CC1CCCC(C)C12NC(=O)N(CN1CCC(C(=O)Nc3ccc(Cl)cn3)CC1)C2=O. The predicted molar refractivity (Wildman–Crippen MR) is 117 cm³/mol. The minimum atomic E-state index is -0.765. The number of urea groups is 1. The average molecular weight is 448 g/mol. The summed E-state index contributed by atoms with van der Waals surface area (Å²) >= 11 is 5.83. The van der Waals surface area contributed by atoms with Crippen molar-refractivity contribution in [1.29, 1.82) is 0 Å². The van der Waals surface area contributed by atoms with Gasteiger partial charge in [-0.3, -0.25) is 14.5 Å². The second-order valence-electron chi connectivity index (χ2n) is 9.15. The molecule has 0 bridgehead atoms. The van der Waals surface area contributed by atoms with Crippen molar-refractivity contribution in [2.24, 2.45) is 17.8 Å². The van der Waals surface area contributed by atoms with Crippen molar-refractivity contribution in [3.05, 3.63) is 23.4 Å². The highest BCUT2D eigenvalue weighted by atomic mass is 35.5. The largest absolute Gasteiger partial charge is 0.326 e. The van der Waals surface area contributed by atoms with Gasteiger partial charge in [0.05, 0.1) is 11.7 Å². The standard InChI is InChI=1S/C22H30ClN5O3/c1-14-4-3-5-15(2)22(14)20(30)28(21(31)26-22)13-27-10-8-16(9-11-27)19(29)25-18-7-6-17(23)12-24-18/h6-7,12,14-16H,3-5,8-11,13H2,1-2H3,(H,26,31)(H,24,25,29).